The van der Waals surface area contributed by atoms with Crippen molar-refractivity contribution in [3.63, 3.8) is 0 Å². The molecule has 2 aliphatic carbocycles. The summed E-state index contributed by atoms with van der Waals surface area (Å²) < 4.78 is 0. The zero-order valence-electron chi connectivity index (χ0n) is 13.5. The number of hydrogen-bond acceptors (Lipinski definition) is 3. The van der Waals surface area contributed by atoms with Crippen LogP contribution in [0.5, 0.6) is 0 Å². The van der Waals surface area contributed by atoms with Crippen LogP contribution in [-0.2, 0) is 4.79 Å². The van der Waals surface area contributed by atoms with Gasteiger partial charge in [-0.1, -0.05) is 12.5 Å². The van der Waals surface area contributed by atoms with Crippen LogP contribution in [0.4, 0.5) is 5.69 Å². The molecule has 0 spiro atoms. The summed E-state index contributed by atoms with van der Waals surface area (Å²) in [5.74, 6) is 0.270. The fraction of sp³-hybridized carbons (Fsp3) is 0.556. The second kappa shape index (κ2) is 6.71. The molecule has 2 saturated carbocycles. The van der Waals surface area contributed by atoms with E-state index < -0.39 is 0 Å². The van der Waals surface area contributed by atoms with Gasteiger partial charge in [0.2, 0.25) is 5.91 Å². The molecule has 1 aromatic carbocycles. The van der Waals surface area contributed by atoms with Gasteiger partial charge in [-0.25, -0.2) is 0 Å². The lowest BCUT2D eigenvalue weighted by Crippen LogP contribution is -2.34. The summed E-state index contributed by atoms with van der Waals surface area (Å²) in [6.45, 7) is 0.568. The van der Waals surface area contributed by atoms with Crippen LogP contribution in [0.15, 0.2) is 24.3 Å². The van der Waals surface area contributed by atoms with Crippen molar-refractivity contribution >= 4 is 17.5 Å². The number of anilines is 1. The molecular formula is C18H24N2O3. The smallest absolute Gasteiger partial charge is 0.253 e. The molecule has 2 atom stereocenters. The minimum atomic E-state index is -0.297. The van der Waals surface area contributed by atoms with Gasteiger partial charge in [-0.2, -0.15) is 0 Å². The van der Waals surface area contributed by atoms with Gasteiger partial charge in [-0.05, 0) is 43.9 Å². The number of aliphatic hydroxyl groups excluding tert-OH is 1. The quantitative estimate of drug-likeness (QED) is 0.875. The average Bonchev–Trinajstić information content (AvgIpc) is 3.32. The lowest BCUT2D eigenvalue weighted by molar-refractivity contribution is -0.117. The van der Waals surface area contributed by atoms with Crippen molar-refractivity contribution in [2.24, 2.45) is 11.8 Å². The highest BCUT2D eigenvalue weighted by Gasteiger charge is 2.30. The molecule has 1 aromatic rings. The lowest BCUT2D eigenvalue weighted by Gasteiger charge is -2.23. The van der Waals surface area contributed by atoms with Gasteiger partial charge in [0.05, 0.1) is 6.10 Å². The zero-order valence-corrected chi connectivity index (χ0v) is 13.5. The molecule has 0 bridgehead atoms. The molecule has 2 aliphatic rings. The van der Waals surface area contributed by atoms with Gasteiger partial charge in [0.15, 0.2) is 0 Å². The molecule has 2 amide bonds. The van der Waals surface area contributed by atoms with Gasteiger partial charge < -0.3 is 15.3 Å². The topological polar surface area (TPSA) is 69.6 Å². The fourth-order valence-electron chi connectivity index (χ4n) is 3.21. The predicted octanol–water partition coefficient (Wildman–Crippen LogP) is 2.27. The van der Waals surface area contributed by atoms with Crippen molar-refractivity contribution in [3.8, 4) is 0 Å². The molecule has 0 aliphatic heterocycles. The van der Waals surface area contributed by atoms with E-state index in [1.54, 1.807) is 36.2 Å². The summed E-state index contributed by atoms with van der Waals surface area (Å²) in [5, 5.41) is 12.8. The summed E-state index contributed by atoms with van der Waals surface area (Å²) >= 11 is 0. The van der Waals surface area contributed by atoms with Gasteiger partial charge in [0.25, 0.3) is 5.91 Å². The van der Waals surface area contributed by atoms with Gasteiger partial charge >= 0.3 is 0 Å². The average molecular weight is 316 g/mol. The predicted molar refractivity (Wildman–Crippen MR) is 88.1 cm³/mol. The number of carbonyl (C=O) groups is 2. The van der Waals surface area contributed by atoms with E-state index in [0.717, 1.165) is 32.1 Å². The van der Waals surface area contributed by atoms with Crippen LogP contribution in [-0.4, -0.2) is 41.5 Å². The normalized spacial score (nSPS) is 23.6. The highest BCUT2D eigenvalue weighted by Crippen LogP contribution is 2.30. The highest BCUT2D eigenvalue weighted by molar-refractivity contribution is 5.98. The van der Waals surface area contributed by atoms with E-state index in [9.17, 15) is 14.7 Å². The van der Waals surface area contributed by atoms with Gasteiger partial charge in [-0.15, -0.1) is 0 Å². The molecule has 0 saturated heterocycles. The number of nitrogens with zero attached hydrogens (tertiary/aromatic N) is 1. The number of rotatable bonds is 5. The molecule has 2 fully saturated rings. The van der Waals surface area contributed by atoms with Crippen LogP contribution < -0.4 is 5.32 Å². The van der Waals surface area contributed by atoms with Crippen molar-refractivity contribution < 1.29 is 14.7 Å². The molecule has 124 valence electrons. The molecule has 2 N–H and O–H groups in total. The van der Waals surface area contributed by atoms with Crippen molar-refractivity contribution in [1.29, 1.82) is 0 Å². The molecule has 0 aromatic heterocycles. The van der Waals surface area contributed by atoms with E-state index in [4.69, 9.17) is 0 Å². The van der Waals surface area contributed by atoms with Crippen LogP contribution in [0.1, 0.15) is 42.5 Å². The summed E-state index contributed by atoms with van der Waals surface area (Å²) in [4.78, 5) is 26.0. The maximum absolute atomic E-state index is 12.6. The van der Waals surface area contributed by atoms with Crippen LogP contribution >= 0.6 is 0 Å². The van der Waals surface area contributed by atoms with Gasteiger partial charge in [-0.3, -0.25) is 9.59 Å². The molecule has 0 heterocycles. The number of carbonyl (C=O) groups excluding carboxylic acids is 2. The summed E-state index contributed by atoms with van der Waals surface area (Å²) in [5.41, 5.74) is 1.23. The first-order valence-corrected chi connectivity index (χ1v) is 8.39. The first-order chi connectivity index (χ1) is 11.0. The van der Waals surface area contributed by atoms with E-state index >= 15 is 0 Å². The molecule has 0 radical (unpaired) electrons. The molecule has 5 heteroatoms. The minimum absolute atomic E-state index is 0.0389. The van der Waals surface area contributed by atoms with E-state index in [1.165, 1.54) is 0 Å². The molecule has 3 rings (SSSR count). The SMILES string of the molecule is CN(CC1CCCC1O)C(=O)c1cccc(NC(=O)C2CC2)c1. The molecule has 23 heavy (non-hydrogen) atoms. The number of benzene rings is 1. The van der Waals surface area contributed by atoms with Crippen molar-refractivity contribution in [2.45, 2.75) is 38.2 Å². The number of nitrogens with one attached hydrogen (secondary N) is 1. The van der Waals surface area contributed by atoms with E-state index in [-0.39, 0.29) is 29.8 Å². The molecular weight excluding hydrogens is 292 g/mol. The third-order valence-corrected chi connectivity index (χ3v) is 4.80. The van der Waals surface area contributed by atoms with Crippen molar-refractivity contribution in [3.05, 3.63) is 29.8 Å². The Morgan fingerprint density at radius 1 is 1.26 bits per heavy atom. The Morgan fingerprint density at radius 3 is 2.70 bits per heavy atom. The van der Waals surface area contributed by atoms with Crippen molar-refractivity contribution in [2.75, 3.05) is 18.9 Å². The Bertz CT molecular complexity index is 598. The lowest BCUT2D eigenvalue weighted by atomic mass is 10.1. The van der Waals surface area contributed by atoms with Crippen LogP contribution in [0, 0.1) is 11.8 Å². The van der Waals surface area contributed by atoms with Crippen LogP contribution in [0.3, 0.4) is 0 Å². The van der Waals surface area contributed by atoms with Gasteiger partial charge in [0.1, 0.15) is 0 Å². The fourth-order valence-corrected chi connectivity index (χ4v) is 3.21. The second-order valence-electron chi connectivity index (χ2n) is 6.79. The molecule has 2 unspecified atom stereocenters. The van der Waals surface area contributed by atoms with Crippen LogP contribution in [0.2, 0.25) is 0 Å². The third kappa shape index (κ3) is 3.91. The second-order valence-corrected chi connectivity index (χ2v) is 6.79. The monoisotopic (exact) mass is 316 g/mol. The Hall–Kier alpha value is -1.88. The van der Waals surface area contributed by atoms with Crippen LogP contribution in [0.25, 0.3) is 0 Å². The van der Waals surface area contributed by atoms with E-state index in [2.05, 4.69) is 5.32 Å². The van der Waals surface area contributed by atoms with E-state index in [1.807, 2.05) is 0 Å². The standard InChI is InChI=1S/C18H24N2O3/c1-20(11-14-5-3-7-16(14)21)18(23)13-4-2-6-15(10-13)19-17(22)12-8-9-12/h2,4,6,10,12,14,16,21H,3,5,7-9,11H2,1H3,(H,19,22). The number of aliphatic hydroxyl groups is 1. The Balaban J connectivity index is 1.62. The van der Waals surface area contributed by atoms with E-state index in [0.29, 0.717) is 17.8 Å². The maximum Gasteiger partial charge on any atom is 0.253 e. The Morgan fingerprint density at radius 2 is 2.04 bits per heavy atom. The number of amides is 2. The summed E-state index contributed by atoms with van der Waals surface area (Å²) in [7, 11) is 1.77. The van der Waals surface area contributed by atoms with Gasteiger partial charge in [0, 0.05) is 36.7 Å². The first-order valence-electron chi connectivity index (χ1n) is 8.39. The zero-order chi connectivity index (χ0) is 16.4. The largest absolute Gasteiger partial charge is 0.393 e. The Labute approximate surface area is 136 Å². The highest BCUT2D eigenvalue weighted by atomic mass is 16.3. The summed E-state index contributed by atoms with van der Waals surface area (Å²) in [6, 6.07) is 7.08. The van der Waals surface area contributed by atoms with Crippen molar-refractivity contribution in [1.82, 2.24) is 4.90 Å². The minimum Gasteiger partial charge on any atom is -0.393 e. The molecule has 5 nitrogen and oxygen atoms in total. The third-order valence-electron chi connectivity index (χ3n) is 4.80. The Kier molecular flexibility index (Phi) is 4.66. The first kappa shape index (κ1) is 16.0. The number of hydrogen-bond donors (Lipinski definition) is 2. The summed E-state index contributed by atoms with van der Waals surface area (Å²) in [6.07, 6.45) is 4.44. The maximum atomic E-state index is 12.6.